The lowest BCUT2D eigenvalue weighted by atomic mass is 10.0. The number of benzene rings is 3. The standard InChI is InChI=1S/C27H29N3O2/c31-26(28-23-14-16-24(17-15-23)30-18-8-3-9-19-30)20-25(21-10-4-1-5-11-21)29-27(32)22-12-6-2-7-13-22/h1-2,4-7,10-17,25H,3,8-9,18-20H2,(H,28,31)(H,29,32)/t25-/m1/s1. The van der Waals surface area contributed by atoms with Gasteiger partial charge in [-0.3, -0.25) is 9.59 Å². The number of piperidine rings is 1. The molecule has 3 aromatic carbocycles. The summed E-state index contributed by atoms with van der Waals surface area (Å²) >= 11 is 0. The number of nitrogens with zero attached hydrogens (tertiary/aromatic N) is 1. The van der Waals surface area contributed by atoms with Crippen molar-refractivity contribution in [2.75, 3.05) is 23.3 Å². The van der Waals surface area contributed by atoms with Crippen molar-refractivity contribution in [3.05, 3.63) is 96.1 Å². The summed E-state index contributed by atoms with van der Waals surface area (Å²) in [6.45, 7) is 2.18. The van der Waals surface area contributed by atoms with E-state index in [1.807, 2.05) is 60.7 Å². The number of carbonyl (C=O) groups excluding carboxylic acids is 2. The van der Waals surface area contributed by atoms with Gasteiger partial charge in [0.15, 0.2) is 0 Å². The number of hydrogen-bond acceptors (Lipinski definition) is 3. The number of anilines is 2. The molecule has 1 aliphatic rings. The Morgan fingerprint density at radius 3 is 2.06 bits per heavy atom. The van der Waals surface area contributed by atoms with Gasteiger partial charge >= 0.3 is 0 Å². The maximum Gasteiger partial charge on any atom is 0.251 e. The van der Waals surface area contributed by atoms with Crippen LogP contribution in [0.3, 0.4) is 0 Å². The summed E-state index contributed by atoms with van der Waals surface area (Å²) in [5.41, 5.74) is 3.42. The van der Waals surface area contributed by atoms with Crippen molar-refractivity contribution in [1.82, 2.24) is 5.32 Å². The summed E-state index contributed by atoms with van der Waals surface area (Å²) in [7, 11) is 0. The Hall–Kier alpha value is -3.60. The SMILES string of the molecule is O=C(C[C@@H](NC(=O)c1ccccc1)c1ccccc1)Nc1ccc(N2CCCCC2)cc1. The zero-order valence-electron chi connectivity index (χ0n) is 18.2. The fourth-order valence-corrected chi connectivity index (χ4v) is 4.07. The average molecular weight is 428 g/mol. The molecule has 32 heavy (non-hydrogen) atoms. The first-order chi connectivity index (χ1) is 15.7. The normalized spacial score (nSPS) is 14.4. The predicted molar refractivity (Wildman–Crippen MR) is 129 cm³/mol. The minimum atomic E-state index is -0.420. The van der Waals surface area contributed by atoms with E-state index in [1.54, 1.807) is 12.1 Å². The van der Waals surface area contributed by atoms with Crippen LogP contribution < -0.4 is 15.5 Å². The van der Waals surface area contributed by atoms with Gasteiger partial charge in [-0.05, 0) is 61.2 Å². The van der Waals surface area contributed by atoms with Crippen LogP contribution in [0.2, 0.25) is 0 Å². The van der Waals surface area contributed by atoms with Gasteiger partial charge in [0.25, 0.3) is 5.91 Å². The van der Waals surface area contributed by atoms with Crippen LogP contribution in [0.25, 0.3) is 0 Å². The highest BCUT2D eigenvalue weighted by Crippen LogP contribution is 2.23. The summed E-state index contributed by atoms with van der Waals surface area (Å²) in [6.07, 6.45) is 3.91. The maximum atomic E-state index is 12.8. The van der Waals surface area contributed by atoms with Crippen LogP contribution in [0.5, 0.6) is 0 Å². The van der Waals surface area contributed by atoms with Crippen LogP contribution in [0.1, 0.15) is 47.6 Å². The number of hydrogen-bond donors (Lipinski definition) is 2. The quantitative estimate of drug-likeness (QED) is 0.546. The van der Waals surface area contributed by atoms with Gasteiger partial charge in [0.2, 0.25) is 5.91 Å². The highest BCUT2D eigenvalue weighted by Gasteiger charge is 2.19. The van der Waals surface area contributed by atoms with Crippen molar-refractivity contribution in [2.24, 2.45) is 0 Å². The molecule has 1 fully saturated rings. The minimum absolute atomic E-state index is 0.141. The first-order valence-corrected chi connectivity index (χ1v) is 11.2. The van der Waals surface area contributed by atoms with Gasteiger partial charge in [-0.1, -0.05) is 48.5 Å². The van der Waals surface area contributed by atoms with E-state index < -0.39 is 6.04 Å². The molecule has 1 aliphatic heterocycles. The Morgan fingerprint density at radius 2 is 1.41 bits per heavy atom. The molecule has 1 heterocycles. The second-order valence-corrected chi connectivity index (χ2v) is 8.15. The monoisotopic (exact) mass is 427 g/mol. The molecule has 5 nitrogen and oxygen atoms in total. The number of carbonyl (C=O) groups is 2. The van der Waals surface area contributed by atoms with E-state index in [1.165, 1.54) is 24.9 Å². The van der Waals surface area contributed by atoms with Crippen molar-refractivity contribution in [3.63, 3.8) is 0 Å². The van der Waals surface area contributed by atoms with Crippen LogP contribution in [-0.4, -0.2) is 24.9 Å². The molecule has 0 radical (unpaired) electrons. The number of rotatable bonds is 7. The van der Waals surface area contributed by atoms with Gasteiger partial charge in [0.1, 0.15) is 0 Å². The van der Waals surface area contributed by atoms with E-state index in [0.717, 1.165) is 24.3 Å². The fourth-order valence-electron chi connectivity index (χ4n) is 4.07. The summed E-state index contributed by atoms with van der Waals surface area (Å²) in [4.78, 5) is 27.9. The van der Waals surface area contributed by atoms with E-state index in [4.69, 9.17) is 0 Å². The fraction of sp³-hybridized carbons (Fsp3) is 0.259. The molecular weight excluding hydrogens is 398 g/mol. The van der Waals surface area contributed by atoms with E-state index >= 15 is 0 Å². The lowest BCUT2D eigenvalue weighted by molar-refractivity contribution is -0.116. The molecule has 4 rings (SSSR count). The zero-order valence-corrected chi connectivity index (χ0v) is 18.2. The van der Waals surface area contributed by atoms with Crippen LogP contribution in [0, 0.1) is 0 Å². The summed E-state index contributed by atoms with van der Waals surface area (Å²) in [6, 6.07) is 26.2. The van der Waals surface area contributed by atoms with Gasteiger partial charge in [-0.25, -0.2) is 0 Å². The molecule has 0 saturated carbocycles. The first-order valence-electron chi connectivity index (χ1n) is 11.2. The first kappa shape index (κ1) is 21.6. The minimum Gasteiger partial charge on any atom is -0.372 e. The predicted octanol–water partition coefficient (Wildman–Crippen LogP) is 5.18. The second kappa shape index (κ2) is 10.6. The highest BCUT2D eigenvalue weighted by molar-refractivity contribution is 5.96. The largest absolute Gasteiger partial charge is 0.372 e. The Bertz CT molecular complexity index is 1010. The van der Waals surface area contributed by atoms with E-state index in [9.17, 15) is 9.59 Å². The van der Waals surface area contributed by atoms with Gasteiger partial charge in [-0.2, -0.15) is 0 Å². The third-order valence-electron chi connectivity index (χ3n) is 5.81. The topological polar surface area (TPSA) is 61.4 Å². The number of nitrogens with one attached hydrogen (secondary N) is 2. The molecule has 1 saturated heterocycles. The molecule has 3 aromatic rings. The lowest BCUT2D eigenvalue weighted by Crippen LogP contribution is -2.31. The smallest absolute Gasteiger partial charge is 0.251 e. The van der Waals surface area contributed by atoms with Crippen molar-refractivity contribution in [1.29, 1.82) is 0 Å². The van der Waals surface area contributed by atoms with Crippen LogP contribution in [0.15, 0.2) is 84.9 Å². The maximum absolute atomic E-state index is 12.8. The van der Waals surface area contributed by atoms with E-state index in [2.05, 4.69) is 27.7 Å². The Labute approximate surface area is 189 Å². The second-order valence-electron chi connectivity index (χ2n) is 8.15. The molecular formula is C27H29N3O2. The van der Waals surface area contributed by atoms with Gasteiger partial charge in [0.05, 0.1) is 12.5 Å². The highest BCUT2D eigenvalue weighted by atomic mass is 16.2. The summed E-state index contributed by atoms with van der Waals surface area (Å²) in [5, 5.41) is 5.99. The van der Waals surface area contributed by atoms with Crippen molar-refractivity contribution < 1.29 is 9.59 Å². The third-order valence-corrected chi connectivity index (χ3v) is 5.81. The Balaban J connectivity index is 1.41. The van der Waals surface area contributed by atoms with Crippen LogP contribution >= 0.6 is 0 Å². The number of amides is 2. The van der Waals surface area contributed by atoms with Gasteiger partial charge in [0, 0.05) is 30.0 Å². The Kier molecular flexibility index (Phi) is 7.18. The molecule has 0 unspecified atom stereocenters. The molecule has 0 spiro atoms. The molecule has 0 aromatic heterocycles. The zero-order chi connectivity index (χ0) is 22.2. The van der Waals surface area contributed by atoms with Gasteiger partial charge in [-0.15, -0.1) is 0 Å². The van der Waals surface area contributed by atoms with Crippen molar-refractivity contribution in [2.45, 2.75) is 31.7 Å². The molecule has 1 atom stereocenters. The lowest BCUT2D eigenvalue weighted by Gasteiger charge is -2.28. The molecule has 5 heteroatoms. The molecule has 0 aliphatic carbocycles. The molecule has 164 valence electrons. The molecule has 2 N–H and O–H groups in total. The van der Waals surface area contributed by atoms with E-state index in [-0.39, 0.29) is 18.2 Å². The summed E-state index contributed by atoms with van der Waals surface area (Å²) < 4.78 is 0. The molecule has 2 amide bonds. The van der Waals surface area contributed by atoms with Crippen LogP contribution in [0.4, 0.5) is 11.4 Å². The van der Waals surface area contributed by atoms with Crippen molar-refractivity contribution >= 4 is 23.2 Å². The van der Waals surface area contributed by atoms with E-state index in [0.29, 0.717) is 5.56 Å². The summed E-state index contributed by atoms with van der Waals surface area (Å²) in [5.74, 6) is -0.337. The van der Waals surface area contributed by atoms with Crippen molar-refractivity contribution in [3.8, 4) is 0 Å². The molecule has 0 bridgehead atoms. The average Bonchev–Trinajstić information content (AvgIpc) is 2.85. The van der Waals surface area contributed by atoms with Crippen LogP contribution in [-0.2, 0) is 4.79 Å². The van der Waals surface area contributed by atoms with Gasteiger partial charge < -0.3 is 15.5 Å². The third kappa shape index (κ3) is 5.76. The Morgan fingerprint density at radius 1 is 0.781 bits per heavy atom.